The minimum atomic E-state index is -1.42. The number of phenolic OH excluding ortho intramolecular Hbond substituents is 1. The van der Waals surface area contributed by atoms with Gasteiger partial charge in [0.2, 0.25) is 5.82 Å². The van der Waals surface area contributed by atoms with E-state index in [9.17, 15) is 29.7 Å². The summed E-state index contributed by atoms with van der Waals surface area (Å²) in [4.78, 5) is 19.3. The number of nitrogens with one attached hydrogen (secondary N) is 1. The topological polar surface area (TPSA) is 131 Å². The molecule has 2 N–H and O–H groups in total. The monoisotopic (exact) mass is 320 g/mol. The zero-order valence-electron chi connectivity index (χ0n) is 11.3. The molecule has 9 nitrogen and oxygen atoms in total. The van der Waals surface area contributed by atoms with Crippen LogP contribution >= 0.6 is 0 Å². The lowest BCUT2D eigenvalue weighted by atomic mass is 10.1. The smallest absolute Gasteiger partial charge is 0.354 e. The van der Waals surface area contributed by atoms with Crippen molar-refractivity contribution < 1.29 is 19.3 Å². The van der Waals surface area contributed by atoms with Crippen molar-refractivity contribution in [3.05, 3.63) is 68.0 Å². The van der Waals surface area contributed by atoms with Crippen molar-refractivity contribution in [3.63, 3.8) is 0 Å². The summed E-state index contributed by atoms with van der Waals surface area (Å²) in [6.07, 6.45) is 0.849. The maximum absolute atomic E-state index is 14.0. The van der Waals surface area contributed by atoms with Gasteiger partial charge in [-0.15, -0.1) is 0 Å². The van der Waals surface area contributed by atoms with E-state index in [1.807, 2.05) is 0 Å². The van der Waals surface area contributed by atoms with Crippen LogP contribution < -0.4 is 5.43 Å². The third-order valence-corrected chi connectivity index (χ3v) is 2.77. The maximum atomic E-state index is 14.0. The molecule has 0 aliphatic rings. The predicted molar refractivity (Wildman–Crippen MR) is 79.0 cm³/mol. The Labute approximate surface area is 128 Å². The minimum absolute atomic E-state index is 0.510. The molecular weight excluding hydrogens is 311 g/mol. The average molecular weight is 320 g/mol. The SMILES string of the molecule is O=[N+]([O-])c1cc(C=NNc2ccccc2)c(F)c([N+](=O)[O-])c1O. The van der Waals surface area contributed by atoms with Crippen molar-refractivity contribution in [2.45, 2.75) is 0 Å². The molecule has 2 aromatic carbocycles. The number of rotatable bonds is 5. The standard InChI is InChI=1S/C13H9FN4O5/c14-11-8(7-15-16-9-4-2-1-3-5-9)6-10(17(20)21)13(19)12(11)18(22)23/h1-7,16,19H. The van der Waals surface area contributed by atoms with E-state index >= 15 is 0 Å². The van der Waals surface area contributed by atoms with Gasteiger partial charge in [0.15, 0.2) is 0 Å². The molecule has 0 heterocycles. The Balaban J connectivity index is 2.42. The highest BCUT2D eigenvalue weighted by Crippen LogP contribution is 2.38. The number of anilines is 1. The predicted octanol–water partition coefficient (Wildman–Crippen LogP) is 2.79. The van der Waals surface area contributed by atoms with Gasteiger partial charge in [-0.05, 0) is 12.1 Å². The second kappa shape index (κ2) is 6.47. The van der Waals surface area contributed by atoms with Crippen LogP contribution in [0.25, 0.3) is 0 Å². The molecule has 0 saturated heterocycles. The second-order valence-electron chi connectivity index (χ2n) is 4.25. The molecule has 0 atom stereocenters. The Hall–Kier alpha value is -3.56. The van der Waals surface area contributed by atoms with Crippen molar-refractivity contribution in [2.75, 3.05) is 5.43 Å². The highest BCUT2D eigenvalue weighted by Gasteiger charge is 2.32. The molecule has 0 unspecified atom stereocenters. The van der Waals surface area contributed by atoms with Crippen LogP contribution in [0.3, 0.4) is 0 Å². The Bertz CT molecular complexity index is 795. The largest absolute Gasteiger partial charge is 0.497 e. The van der Waals surface area contributed by atoms with Crippen LogP contribution in [0.2, 0.25) is 0 Å². The number of nitro groups is 2. The van der Waals surface area contributed by atoms with Crippen LogP contribution in [-0.4, -0.2) is 21.2 Å². The number of hydrazone groups is 1. The summed E-state index contributed by atoms with van der Waals surface area (Å²) in [6, 6.07) is 9.18. The first-order valence-electron chi connectivity index (χ1n) is 6.10. The lowest BCUT2D eigenvalue weighted by Gasteiger charge is -2.03. The molecule has 0 aromatic heterocycles. The van der Waals surface area contributed by atoms with E-state index in [-0.39, 0.29) is 0 Å². The third kappa shape index (κ3) is 3.37. The van der Waals surface area contributed by atoms with Gasteiger partial charge >= 0.3 is 11.4 Å². The molecule has 0 aliphatic heterocycles. The summed E-state index contributed by atoms with van der Waals surface area (Å²) in [7, 11) is 0. The molecule has 2 aromatic rings. The van der Waals surface area contributed by atoms with Gasteiger partial charge in [0.25, 0.3) is 5.75 Å². The summed E-state index contributed by atoms with van der Waals surface area (Å²) in [5.41, 5.74) is 0.224. The van der Waals surface area contributed by atoms with Crippen LogP contribution in [0.5, 0.6) is 5.75 Å². The maximum Gasteiger partial charge on any atom is 0.354 e. The number of aromatic hydroxyl groups is 1. The highest BCUT2D eigenvalue weighted by molar-refractivity contribution is 5.85. The molecule has 0 radical (unpaired) electrons. The molecular formula is C13H9FN4O5. The molecule has 0 saturated carbocycles. The Morgan fingerprint density at radius 2 is 1.83 bits per heavy atom. The van der Waals surface area contributed by atoms with Crippen molar-refractivity contribution in [1.82, 2.24) is 0 Å². The number of halogens is 1. The normalized spacial score (nSPS) is 10.7. The fourth-order valence-electron chi connectivity index (χ4n) is 1.73. The van der Waals surface area contributed by atoms with Crippen LogP contribution in [0.1, 0.15) is 5.56 Å². The number of hydrogen-bond donors (Lipinski definition) is 2. The number of nitro benzene ring substituents is 2. The highest BCUT2D eigenvalue weighted by atomic mass is 19.1. The summed E-state index contributed by atoms with van der Waals surface area (Å²) in [6.45, 7) is 0. The van der Waals surface area contributed by atoms with E-state index in [0.29, 0.717) is 11.8 Å². The molecule has 0 bridgehead atoms. The first-order valence-corrected chi connectivity index (χ1v) is 6.10. The fraction of sp³-hybridized carbons (Fsp3) is 0. The lowest BCUT2D eigenvalue weighted by Crippen LogP contribution is -2.02. The van der Waals surface area contributed by atoms with E-state index in [0.717, 1.165) is 6.21 Å². The van der Waals surface area contributed by atoms with Crippen molar-refractivity contribution in [3.8, 4) is 5.75 Å². The number of benzene rings is 2. The molecule has 118 valence electrons. The first-order chi connectivity index (χ1) is 10.9. The first kappa shape index (κ1) is 15.8. The molecule has 0 amide bonds. The van der Waals surface area contributed by atoms with Crippen LogP contribution in [0, 0.1) is 26.0 Å². The van der Waals surface area contributed by atoms with E-state index in [2.05, 4.69) is 10.5 Å². The molecule has 2 rings (SSSR count). The third-order valence-electron chi connectivity index (χ3n) is 2.77. The van der Waals surface area contributed by atoms with Crippen molar-refractivity contribution >= 4 is 23.3 Å². The van der Waals surface area contributed by atoms with Gasteiger partial charge in [-0.1, -0.05) is 18.2 Å². The number of nitrogens with zero attached hydrogens (tertiary/aromatic N) is 3. The van der Waals surface area contributed by atoms with E-state index in [1.165, 1.54) is 0 Å². The molecule has 23 heavy (non-hydrogen) atoms. The van der Waals surface area contributed by atoms with Gasteiger partial charge in [-0.3, -0.25) is 25.7 Å². The number of phenols is 1. The minimum Gasteiger partial charge on any atom is -0.497 e. The van der Waals surface area contributed by atoms with Crippen molar-refractivity contribution in [2.24, 2.45) is 5.10 Å². The fourth-order valence-corrected chi connectivity index (χ4v) is 1.73. The van der Waals surface area contributed by atoms with Gasteiger partial charge in [0, 0.05) is 11.6 Å². The van der Waals surface area contributed by atoms with Gasteiger partial charge in [0.1, 0.15) is 0 Å². The molecule has 10 heteroatoms. The van der Waals surface area contributed by atoms with Crippen LogP contribution in [0.4, 0.5) is 21.5 Å². The number of para-hydroxylation sites is 1. The van der Waals surface area contributed by atoms with Crippen LogP contribution in [-0.2, 0) is 0 Å². The Kier molecular flexibility index (Phi) is 4.45. The summed E-state index contributed by atoms with van der Waals surface area (Å²) < 4.78 is 14.0. The zero-order valence-corrected chi connectivity index (χ0v) is 11.3. The van der Waals surface area contributed by atoms with E-state index in [1.54, 1.807) is 30.3 Å². The summed E-state index contributed by atoms with van der Waals surface area (Å²) >= 11 is 0. The second-order valence-corrected chi connectivity index (χ2v) is 4.25. The van der Waals surface area contributed by atoms with Gasteiger partial charge < -0.3 is 5.11 Å². The number of hydrogen-bond acceptors (Lipinski definition) is 7. The van der Waals surface area contributed by atoms with Crippen molar-refractivity contribution in [1.29, 1.82) is 0 Å². The Morgan fingerprint density at radius 3 is 2.39 bits per heavy atom. The zero-order chi connectivity index (χ0) is 17.0. The molecule has 0 aliphatic carbocycles. The average Bonchev–Trinajstić information content (AvgIpc) is 2.50. The van der Waals surface area contributed by atoms with Crippen LogP contribution in [0.15, 0.2) is 41.5 Å². The Morgan fingerprint density at radius 1 is 1.17 bits per heavy atom. The van der Waals surface area contributed by atoms with E-state index < -0.39 is 38.4 Å². The summed E-state index contributed by atoms with van der Waals surface area (Å²) in [5, 5.41) is 34.7. The molecule has 0 fully saturated rings. The molecule has 0 spiro atoms. The lowest BCUT2D eigenvalue weighted by molar-refractivity contribution is -0.397. The quantitative estimate of drug-likeness (QED) is 0.494. The van der Waals surface area contributed by atoms with Gasteiger partial charge in [-0.2, -0.15) is 9.49 Å². The summed E-state index contributed by atoms with van der Waals surface area (Å²) in [5.74, 6) is -2.76. The van der Waals surface area contributed by atoms with E-state index in [4.69, 9.17) is 0 Å². The van der Waals surface area contributed by atoms with Gasteiger partial charge in [-0.25, -0.2) is 0 Å². The van der Waals surface area contributed by atoms with Gasteiger partial charge in [0.05, 0.1) is 21.7 Å².